The van der Waals surface area contributed by atoms with Gasteiger partial charge in [-0.25, -0.2) is 4.98 Å². The SMILES string of the molecule is Cc1ccsc1C(O)c1ccc(Cl)nc1. The predicted octanol–water partition coefficient (Wildman–Crippen LogP) is 3.19. The Morgan fingerprint density at radius 2 is 2.20 bits per heavy atom. The lowest BCUT2D eigenvalue weighted by Crippen LogP contribution is -1.99. The molecule has 0 aromatic carbocycles. The van der Waals surface area contributed by atoms with Crippen LogP contribution in [-0.2, 0) is 0 Å². The van der Waals surface area contributed by atoms with Crippen LogP contribution in [0.1, 0.15) is 22.1 Å². The molecule has 0 fully saturated rings. The highest BCUT2D eigenvalue weighted by atomic mass is 35.5. The molecule has 0 bridgehead atoms. The second kappa shape index (κ2) is 4.31. The summed E-state index contributed by atoms with van der Waals surface area (Å²) in [5.41, 5.74) is 1.87. The number of aromatic nitrogens is 1. The number of pyridine rings is 1. The molecule has 0 aliphatic rings. The highest BCUT2D eigenvalue weighted by molar-refractivity contribution is 7.10. The first-order valence-corrected chi connectivity index (χ1v) is 5.78. The molecule has 2 aromatic rings. The standard InChI is InChI=1S/C11H10ClNOS/c1-7-4-5-15-11(7)10(14)8-2-3-9(12)13-6-8/h2-6,10,14H,1H3. The maximum atomic E-state index is 10.1. The monoisotopic (exact) mass is 239 g/mol. The van der Waals surface area contributed by atoms with Crippen molar-refractivity contribution in [1.29, 1.82) is 0 Å². The van der Waals surface area contributed by atoms with Crippen LogP contribution in [-0.4, -0.2) is 10.1 Å². The van der Waals surface area contributed by atoms with Gasteiger partial charge >= 0.3 is 0 Å². The fraction of sp³-hybridized carbons (Fsp3) is 0.182. The third-order valence-corrected chi connectivity index (χ3v) is 3.51. The van der Waals surface area contributed by atoms with E-state index in [1.165, 1.54) is 0 Å². The molecule has 0 saturated carbocycles. The molecular weight excluding hydrogens is 230 g/mol. The average Bonchev–Trinajstić information content (AvgIpc) is 2.65. The van der Waals surface area contributed by atoms with Crippen LogP contribution in [0.5, 0.6) is 0 Å². The van der Waals surface area contributed by atoms with Crippen LogP contribution in [0.15, 0.2) is 29.8 Å². The first kappa shape index (κ1) is 10.6. The molecule has 0 spiro atoms. The molecule has 0 aliphatic heterocycles. The number of aliphatic hydroxyl groups is 1. The summed E-state index contributed by atoms with van der Waals surface area (Å²) in [5.74, 6) is 0. The molecule has 2 rings (SSSR count). The van der Waals surface area contributed by atoms with E-state index in [2.05, 4.69) is 4.98 Å². The predicted molar refractivity (Wildman–Crippen MR) is 62.4 cm³/mol. The summed E-state index contributed by atoms with van der Waals surface area (Å²) in [6.07, 6.45) is 1.00. The van der Waals surface area contributed by atoms with Crippen molar-refractivity contribution < 1.29 is 5.11 Å². The van der Waals surface area contributed by atoms with Crippen molar-refractivity contribution in [2.45, 2.75) is 13.0 Å². The highest BCUT2D eigenvalue weighted by Gasteiger charge is 2.14. The number of aliphatic hydroxyl groups excluding tert-OH is 1. The first-order valence-electron chi connectivity index (χ1n) is 4.52. The molecule has 15 heavy (non-hydrogen) atoms. The highest BCUT2D eigenvalue weighted by Crippen LogP contribution is 2.28. The summed E-state index contributed by atoms with van der Waals surface area (Å²) in [7, 11) is 0. The number of thiophene rings is 1. The third-order valence-electron chi connectivity index (χ3n) is 2.22. The van der Waals surface area contributed by atoms with Crippen LogP contribution in [0.2, 0.25) is 5.15 Å². The Labute approximate surface area is 97.2 Å². The van der Waals surface area contributed by atoms with Gasteiger partial charge in [-0.05, 0) is 30.0 Å². The van der Waals surface area contributed by atoms with E-state index in [-0.39, 0.29) is 0 Å². The normalized spacial score (nSPS) is 12.7. The second-order valence-corrected chi connectivity index (χ2v) is 4.62. The minimum Gasteiger partial charge on any atom is -0.383 e. The van der Waals surface area contributed by atoms with Crippen molar-refractivity contribution in [3.8, 4) is 0 Å². The molecule has 2 nitrogen and oxygen atoms in total. The lowest BCUT2D eigenvalue weighted by molar-refractivity contribution is 0.223. The van der Waals surface area contributed by atoms with Gasteiger partial charge < -0.3 is 5.11 Å². The minimum atomic E-state index is -0.602. The number of hydrogen-bond donors (Lipinski definition) is 1. The molecule has 78 valence electrons. The summed E-state index contributed by atoms with van der Waals surface area (Å²) in [6.45, 7) is 1.98. The average molecular weight is 240 g/mol. The van der Waals surface area contributed by atoms with E-state index >= 15 is 0 Å². The number of halogens is 1. The first-order chi connectivity index (χ1) is 7.18. The Hall–Kier alpha value is -0.900. The number of hydrogen-bond acceptors (Lipinski definition) is 3. The Morgan fingerprint density at radius 1 is 1.40 bits per heavy atom. The fourth-order valence-electron chi connectivity index (χ4n) is 1.36. The van der Waals surface area contributed by atoms with Crippen LogP contribution < -0.4 is 0 Å². The molecule has 0 saturated heterocycles. The Kier molecular flexibility index (Phi) is 3.05. The van der Waals surface area contributed by atoms with Crippen molar-refractivity contribution in [2.75, 3.05) is 0 Å². The van der Waals surface area contributed by atoms with Crippen LogP contribution in [0.3, 0.4) is 0 Å². The zero-order valence-electron chi connectivity index (χ0n) is 8.14. The van der Waals surface area contributed by atoms with E-state index in [9.17, 15) is 5.11 Å². The molecular formula is C11H10ClNOS. The van der Waals surface area contributed by atoms with E-state index in [0.717, 1.165) is 16.0 Å². The fourth-order valence-corrected chi connectivity index (χ4v) is 2.41. The van der Waals surface area contributed by atoms with Crippen molar-refractivity contribution in [2.24, 2.45) is 0 Å². The van der Waals surface area contributed by atoms with Gasteiger partial charge in [-0.3, -0.25) is 0 Å². The molecule has 4 heteroatoms. The van der Waals surface area contributed by atoms with Gasteiger partial charge in [-0.1, -0.05) is 17.7 Å². The molecule has 1 unspecified atom stereocenters. The zero-order chi connectivity index (χ0) is 10.8. The lowest BCUT2D eigenvalue weighted by atomic mass is 10.1. The van der Waals surface area contributed by atoms with Gasteiger partial charge in [0.2, 0.25) is 0 Å². The molecule has 2 heterocycles. The van der Waals surface area contributed by atoms with Gasteiger partial charge in [-0.2, -0.15) is 0 Å². The maximum Gasteiger partial charge on any atom is 0.129 e. The molecule has 1 atom stereocenters. The van der Waals surface area contributed by atoms with Gasteiger partial charge in [0.15, 0.2) is 0 Å². The molecule has 0 aliphatic carbocycles. The number of aryl methyl sites for hydroxylation is 1. The third kappa shape index (κ3) is 2.20. The van der Waals surface area contributed by atoms with Crippen LogP contribution in [0.25, 0.3) is 0 Å². The zero-order valence-corrected chi connectivity index (χ0v) is 9.72. The van der Waals surface area contributed by atoms with Crippen LogP contribution in [0, 0.1) is 6.92 Å². The van der Waals surface area contributed by atoms with E-state index in [0.29, 0.717) is 5.15 Å². The van der Waals surface area contributed by atoms with Crippen molar-refractivity contribution in [3.63, 3.8) is 0 Å². The van der Waals surface area contributed by atoms with E-state index < -0.39 is 6.10 Å². The molecule has 0 radical (unpaired) electrons. The summed E-state index contributed by atoms with van der Waals surface area (Å²) in [4.78, 5) is 4.91. The summed E-state index contributed by atoms with van der Waals surface area (Å²) < 4.78 is 0. The van der Waals surface area contributed by atoms with E-state index in [1.54, 1.807) is 29.7 Å². The summed E-state index contributed by atoms with van der Waals surface area (Å²) in [5, 5.41) is 12.5. The van der Waals surface area contributed by atoms with Crippen LogP contribution in [0.4, 0.5) is 0 Å². The number of nitrogens with zero attached hydrogens (tertiary/aromatic N) is 1. The minimum absolute atomic E-state index is 0.439. The molecule has 0 amide bonds. The van der Waals surface area contributed by atoms with E-state index in [4.69, 9.17) is 11.6 Å². The Balaban J connectivity index is 2.32. The quantitative estimate of drug-likeness (QED) is 0.817. The second-order valence-electron chi connectivity index (χ2n) is 3.28. The van der Waals surface area contributed by atoms with Crippen molar-refractivity contribution in [3.05, 3.63) is 50.9 Å². The topological polar surface area (TPSA) is 33.1 Å². The number of rotatable bonds is 2. The smallest absolute Gasteiger partial charge is 0.129 e. The largest absolute Gasteiger partial charge is 0.383 e. The van der Waals surface area contributed by atoms with Gasteiger partial charge in [0, 0.05) is 16.6 Å². The van der Waals surface area contributed by atoms with Gasteiger partial charge in [0.05, 0.1) is 0 Å². The van der Waals surface area contributed by atoms with Gasteiger partial charge in [0.25, 0.3) is 0 Å². The van der Waals surface area contributed by atoms with Crippen molar-refractivity contribution >= 4 is 22.9 Å². The maximum absolute atomic E-state index is 10.1. The molecule has 1 N–H and O–H groups in total. The van der Waals surface area contributed by atoms with Crippen LogP contribution >= 0.6 is 22.9 Å². The van der Waals surface area contributed by atoms with Gasteiger partial charge in [-0.15, -0.1) is 11.3 Å². The summed E-state index contributed by atoms with van der Waals surface area (Å²) >= 11 is 7.23. The molecule has 2 aromatic heterocycles. The van der Waals surface area contributed by atoms with E-state index in [1.807, 2.05) is 18.4 Å². The Morgan fingerprint density at radius 3 is 2.73 bits per heavy atom. The Bertz CT molecular complexity index is 452. The lowest BCUT2D eigenvalue weighted by Gasteiger charge is -2.09. The summed E-state index contributed by atoms with van der Waals surface area (Å²) in [6, 6.07) is 5.47. The van der Waals surface area contributed by atoms with Crippen molar-refractivity contribution in [1.82, 2.24) is 4.98 Å². The van der Waals surface area contributed by atoms with Gasteiger partial charge in [0.1, 0.15) is 11.3 Å².